The zero-order valence-electron chi connectivity index (χ0n) is 10.2. The van der Waals surface area contributed by atoms with Crippen LogP contribution in [0.15, 0.2) is 24.3 Å². The molecule has 2 heteroatoms. The quantitative estimate of drug-likeness (QED) is 0.746. The van der Waals surface area contributed by atoms with Crippen molar-refractivity contribution in [1.29, 1.82) is 0 Å². The van der Waals surface area contributed by atoms with Gasteiger partial charge >= 0.3 is 0 Å². The Morgan fingerprint density at radius 3 is 2.81 bits per heavy atom. The van der Waals surface area contributed by atoms with Crippen molar-refractivity contribution in [2.24, 2.45) is 5.73 Å². The lowest BCUT2D eigenvalue weighted by atomic mass is 10.1. The van der Waals surface area contributed by atoms with Gasteiger partial charge in [0.1, 0.15) is 5.75 Å². The molecule has 0 heterocycles. The zero-order chi connectivity index (χ0) is 11.8. The Morgan fingerprint density at radius 1 is 1.38 bits per heavy atom. The second-order valence-corrected chi connectivity index (χ2v) is 3.79. The van der Waals surface area contributed by atoms with Crippen molar-refractivity contribution in [2.45, 2.75) is 26.7 Å². The maximum absolute atomic E-state index is 5.49. The molecule has 88 valence electrons. The van der Waals surface area contributed by atoms with Crippen LogP contribution < -0.4 is 10.5 Å². The van der Waals surface area contributed by atoms with Crippen LogP contribution in [-0.4, -0.2) is 13.2 Å². The molecule has 0 aromatic heterocycles. The molecule has 2 nitrogen and oxygen atoms in total. The molecule has 2 N–H and O–H groups in total. The first-order chi connectivity index (χ1) is 7.77. The zero-order valence-corrected chi connectivity index (χ0v) is 10.2. The number of allylic oxidation sites excluding steroid dienone is 1. The summed E-state index contributed by atoms with van der Waals surface area (Å²) in [4.78, 5) is 0. The van der Waals surface area contributed by atoms with E-state index in [1.54, 1.807) is 0 Å². The first-order valence-corrected chi connectivity index (χ1v) is 5.88. The Hall–Kier alpha value is -1.28. The van der Waals surface area contributed by atoms with Gasteiger partial charge in [-0.15, -0.1) is 0 Å². The number of nitrogens with two attached hydrogens (primary N) is 1. The summed E-state index contributed by atoms with van der Waals surface area (Å²) >= 11 is 0. The lowest BCUT2D eigenvalue weighted by Gasteiger charge is -2.07. The number of rotatable bonds is 6. The molecular weight excluding hydrogens is 198 g/mol. The Bertz CT molecular complexity index is 345. The molecule has 0 spiro atoms. The summed E-state index contributed by atoms with van der Waals surface area (Å²) in [5.41, 5.74) is 7.84. The van der Waals surface area contributed by atoms with Crippen molar-refractivity contribution >= 4 is 6.08 Å². The molecule has 16 heavy (non-hydrogen) atoms. The van der Waals surface area contributed by atoms with E-state index in [0.717, 1.165) is 25.1 Å². The predicted octanol–water partition coefficient (Wildman–Crippen LogP) is 3.15. The third-order valence-electron chi connectivity index (χ3n) is 2.38. The largest absolute Gasteiger partial charge is 0.494 e. The Balaban J connectivity index is 2.62. The van der Waals surface area contributed by atoms with Crippen LogP contribution in [0.2, 0.25) is 0 Å². The van der Waals surface area contributed by atoms with Crippen molar-refractivity contribution < 1.29 is 4.74 Å². The Kier molecular flexibility index (Phi) is 5.65. The van der Waals surface area contributed by atoms with Crippen LogP contribution in [0.5, 0.6) is 5.75 Å². The van der Waals surface area contributed by atoms with Gasteiger partial charge in [-0.25, -0.2) is 0 Å². The van der Waals surface area contributed by atoms with Crippen LogP contribution in [-0.2, 0) is 0 Å². The molecule has 0 unspecified atom stereocenters. The molecule has 1 aromatic carbocycles. The van der Waals surface area contributed by atoms with E-state index in [9.17, 15) is 0 Å². The van der Waals surface area contributed by atoms with Gasteiger partial charge in [0.25, 0.3) is 0 Å². The molecule has 0 aliphatic rings. The number of unbranched alkanes of at least 4 members (excludes halogenated alkanes) is 1. The first-order valence-electron chi connectivity index (χ1n) is 5.88. The van der Waals surface area contributed by atoms with Gasteiger partial charge in [-0.1, -0.05) is 18.2 Å². The monoisotopic (exact) mass is 219 g/mol. The summed E-state index contributed by atoms with van der Waals surface area (Å²) in [5, 5.41) is 0. The highest BCUT2D eigenvalue weighted by Gasteiger charge is 1.98. The fourth-order valence-corrected chi connectivity index (χ4v) is 1.55. The Morgan fingerprint density at radius 2 is 2.19 bits per heavy atom. The molecule has 1 rings (SSSR count). The van der Waals surface area contributed by atoms with Crippen molar-refractivity contribution in [3.8, 4) is 5.75 Å². The van der Waals surface area contributed by atoms with Gasteiger partial charge in [0.2, 0.25) is 0 Å². The van der Waals surface area contributed by atoms with E-state index in [1.165, 1.54) is 11.1 Å². The van der Waals surface area contributed by atoms with Crippen LogP contribution >= 0.6 is 0 Å². The summed E-state index contributed by atoms with van der Waals surface area (Å²) < 4.78 is 5.49. The summed E-state index contributed by atoms with van der Waals surface area (Å²) in [6.07, 6.45) is 6.40. The van der Waals surface area contributed by atoms with Crippen LogP contribution in [0.3, 0.4) is 0 Å². The van der Waals surface area contributed by atoms with Crippen molar-refractivity contribution in [3.05, 3.63) is 35.4 Å². The minimum atomic E-state index is 0.715. The first kappa shape index (κ1) is 12.8. The van der Waals surface area contributed by atoms with E-state index in [-0.39, 0.29) is 0 Å². The predicted molar refractivity (Wildman–Crippen MR) is 69.7 cm³/mol. The molecule has 0 atom stereocenters. The van der Waals surface area contributed by atoms with Crippen molar-refractivity contribution in [3.63, 3.8) is 0 Å². The highest BCUT2D eigenvalue weighted by molar-refractivity contribution is 5.53. The molecule has 0 fully saturated rings. The Labute approximate surface area is 98.1 Å². The highest BCUT2D eigenvalue weighted by Crippen LogP contribution is 2.19. The minimum Gasteiger partial charge on any atom is -0.494 e. The smallest absolute Gasteiger partial charge is 0.122 e. The standard InChI is InChI=1S/C14H21NO/c1-3-16-14-9-8-13(11-12(14)2)7-5-4-6-10-15/h5,7-9,11H,3-4,6,10,15H2,1-2H3/b7-5+. The van der Waals surface area contributed by atoms with Crippen molar-refractivity contribution in [1.82, 2.24) is 0 Å². The molecule has 0 bridgehead atoms. The average molecular weight is 219 g/mol. The maximum atomic E-state index is 5.49. The van der Waals surface area contributed by atoms with Gasteiger partial charge in [0.05, 0.1) is 6.61 Å². The third-order valence-corrected chi connectivity index (χ3v) is 2.38. The number of aryl methyl sites for hydroxylation is 1. The molecule has 0 saturated carbocycles. The van der Waals surface area contributed by atoms with E-state index in [2.05, 4.69) is 31.2 Å². The summed E-state index contributed by atoms with van der Waals surface area (Å²) in [6.45, 7) is 5.54. The lowest BCUT2D eigenvalue weighted by molar-refractivity contribution is 0.338. The van der Waals surface area contributed by atoms with E-state index < -0.39 is 0 Å². The summed E-state index contributed by atoms with van der Waals surface area (Å²) in [6, 6.07) is 6.25. The fraction of sp³-hybridized carbons (Fsp3) is 0.429. The van der Waals surface area contributed by atoms with Crippen LogP contribution in [0, 0.1) is 6.92 Å². The van der Waals surface area contributed by atoms with Crippen LogP contribution in [0.1, 0.15) is 30.9 Å². The normalized spacial score (nSPS) is 10.9. The molecule has 1 aromatic rings. The van der Waals surface area contributed by atoms with E-state index in [0.29, 0.717) is 6.61 Å². The van der Waals surface area contributed by atoms with Gasteiger partial charge in [0, 0.05) is 0 Å². The fourth-order valence-electron chi connectivity index (χ4n) is 1.55. The van der Waals surface area contributed by atoms with E-state index in [4.69, 9.17) is 10.5 Å². The number of ether oxygens (including phenoxy) is 1. The molecule has 0 saturated heterocycles. The molecule has 0 amide bonds. The third kappa shape index (κ3) is 4.07. The second kappa shape index (κ2) is 7.07. The summed E-state index contributed by atoms with van der Waals surface area (Å²) in [7, 11) is 0. The SMILES string of the molecule is CCOc1ccc(/C=C/CCCN)cc1C. The second-order valence-electron chi connectivity index (χ2n) is 3.79. The highest BCUT2D eigenvalue weighted by atomic mass is 16.5. The van der Waals surface area contributed by atoms with Gasteiger partial charge in [0.15, 0.2) is 0 Å². The molecule has 0 aliphatic carbocycles. The average Bonchev–Trinajstić information content (AvgIpc) is 2.28. The van der Waals surface area contributed by atoms with Gasteiger partial charge < -0.3 is 10.5 Å². The maximum Gasteiger partial charge on any atom is 0.122 e. The van der Waals surface area contributed by atoms with E-state index in [1.807, 2.05) is 13.0 Å². The van der Waals surface area contributed by atoms with Gasteiger partial charge in [-0.05, 0) is 56.5 Å². The summed E-state index contributed by atoms with van der Waals surface area (Å²) in [5.74, 6) is 0.974. The van der Waals surface area contributed by atoms with Gasteiger partial charge in [-0.2, -0.15) is 0 Å². The molecule has 0 radical (unpaired) electrons. The minimum absolute atomic E-state index is 0.715. The molecule has 0 aliphatic heterocycles. The molecular formula is C14H21NO. The lowest BCUT2D eigenvalue weighted by Crippen LogP contribution is -1.96. The number of benzene rings is 1. The number of hydrogen-bond acceptors (Lipinski definition) is 2. The number of hydrogen-bond donors (Lipinski definition) is 1. The van der Waals surface area contributed by atoms with Crippen LogP contribution in [0.4, 0.5) is 0 Å². The van der Waals surface area contributed by atoms with Crippen molar-refractivity contribution in [2.75, 3.05) is 13.2 Å². The topological polar surface area (TPSA) is 35.2 Å². The van der Waals surface area contributed by atoms with Crippen LogP contribution in [0.25, 0.3) is 6.08 Å². The van der Waals surface area contributed by atoms with E-state index >= 15 is 0 Å². The van der Waals surface area contributed by atoms with Gasteiger partial charge in [-0.3, -0.25) is 0 Å².